The second-order valence-electron chi connectivity index (χ2n) is 5.24. The number of aromatic nitrogens is 3. The average molecular weight is 279 g/mol. The summed E-state index contributed by atoms with van der Waals surface area (Å²) < 4.78 is 1.47. The van der Waals surface area contributed by atoms with Gasteiger partial charge in [-0.15, -0.1) is 0 Å². The topological polar surface area (TPSA) is 67.8 Å². The van der Waals surface area contributed by atoms with Gasteiger partial charge >= 0.3 is 0 Å². The van der Waals surface area contributed by atoms with Crippen molar-refractivity contribution in [3.05, 3.63) is 58.0 Å². The largest absolute Gasteiger partial charge is 0.294 e. The Hall–Kier alpha value is -2.69. The first kappa shape index (κ1) is 12.1. The Morgan fingerprint density at radius 1 is 1.10 bits per heavy atom. The predicted molar refractivity (Wildman–Crippen MR) is 79.0 cm³/mol. The molecule has 0 aliphatic heterocycles. The van der Waals surface area contributed by atoms with E-state index in [0.29, 0.717) is 23.0 Å². The Balaban J connectivity index is 1.99. The number of hydrogen-bond donors (Lipinski definition) is 1. The first-order valence-electron chi connectivity index (χ1n) is 6.97. The van der Waals surface area contributed by atoms with Crippen LogP contribution in [-0.4, -0.2) is 20.5 Å². The van der Waals surface area contributed by atoms with Crippen LogP contribution in [0.2, 0.25) is 0 Å². The number of pyridine rings is 1. The van der Waals surface area contributed by atoms with Crippen LogP contribution in [0, 0.1) is 0 Å². The molecule has 4 rings (SSSR count). The molecule has 5 nitrogen and oxygen atoms in total. The van der Waals surface area contributed by atoms with Crippen molar-refractivity contribution in [2.45, 2.75) is 19.3 Å². The zero-order valence-corrected chi connectivity index (χ0v) is 11.3. The Kier molecular flexibility index (Phi) is 2.54. The number of hydrogen-bond acceptors (Lipinski definition) is 3. The summed E-state index contributed by atoms with van der Waals surface area (Å²) in [4.78, 5) is 28.9. The van der Waals surface area contributed by atoms with E-state index in [9.17, 15) is 9.59 Å². The number of nitrogens with one attached hydrogen (secondary N) is 1. The standard InChI is InChI=1S/C16H13N3O2/c20-14-8-4-7-13-11(14)9-12-15(17-13)18-19(16(12)21)10-5-2-1-3-6-10/h1-3,5-6,9H,4,7-8H2,(H,17,18). The lowest BCUT2D eigenvalue weighted by atomic mass is 9.94. The number of H-pyrrole nitrogens is 1. The third-order valence-electron chi connectivity index (χ3n) is 3.88. The number of para-hydroxylation sites is 1. The van der Waals surface area contributed by atoms with Gasteiger partial charge in [-0.1, -0.05) is 18.2 Å². The van der Waals surface area contributed by atoms with Crippen molar-refractivity contribution in [3.63, 3.8) is 0 Å². The number of carbonyl (C=O) groups excluding carboxylic acids is 1. The van der Waals surface area contributed by atoms with Crippen LogP contribution in [0.5, 0.6) is 0 Å². The number of nitrogens with zero attached hydrogens (tertiary/aromatic N) is 2. The zero-order valence-electron chi connectivity index (χ0n) is 11.3. The highest BCUT2D eigenvalue weighted by Crippen LogP contribution is 2.22. The minimum atomic E-state index is -0.176. The van der Waals surface area contributed by atoms with Crippen molar-refractivity contribution in [1.82, 2.24) is 14.8 Å². The highest BCUT2D eigenvalue weighted by Gasteiger charge is 2.21. The lowest BCUT2D eigenvalue weighted by molar-refractivity contribution is 0.0972. The van der Waals surface area contributed by atoms with Crippen LogP contribution in [0.25, 0.3) is 16.7 Å². The molecule has 0 saturated heterocycles. The molecule has 0 fully saturated rings. The minimum Gasteiger partial charge on any atom is -0.294 e. The maximum Gasteiger partial charge on any atom is 0.280 e. The highest BCUT2D eigenvalue weighted by atomic mass is 16.1. The van der Waals surface area contributed by atoms with Crippen molar-refractivity contribution in [1.29, 1.82) is 0 Å². The molecule has 0 atom stereocenters. The number of Topliss-reactive ketones (excluding diaryl/α,β-unsaturated/α-hetero) is 1. The SMILES string of the molecule is O=C1CCCc2nc3[nH]n(-c4ccccc4)c(=O)c3cc21. The third-order valence-corrected chi connectivity index (χ3v) is 3.88. The molecule has 0 spiro atoms. The summed E-state index contributed by atoms with van der Waals surface area (Å²) >= 11 is 0. The lowest BCUT2D eigenvalue weighted by Crippen LogP contribution is -2.15. The van der Waals surface area contributed by atoms with Crippen LogP contribution in [0.3, 0.4) is 0 Å². The summed E-state index contributed by atoms with van der Waals surface area (Å²) in [5.41, 5.74) is 2.51. The second-order valence-corrected chi connectivity index (χ2v) is 5.24. The first-order valence-corrected chi connectivity index (χ1v) is 6.97. The summed E-state index contributed by atoms with van der Waals surface area (Å²) in [5, 5.41) is 3.49. The Morgan fingerprint density at radius 3 is 2.71 bits per heavy atom. The molecular weight excluding hydrogens is 266 g/mol. The minimum absolute atomic E-state index is 0.0810. The van der Waals surface area contributed by atoms with E-state index in [2.05, 4.69) is 10.1 Å². The molecule has 2 heterocycles. The van der Waals surface area contributed by atoms with Crippen molar-refractivity contribution in [2.24, 2.45) is 0 Å². The van der Waals surface area contributed by atoms with Crippen molar-refractivity contribution in [3.8, 4) is 5.69 Å². The van der Waals surface area contributed by atoms with Crippen molar-refractivity contribution >= 4 is 16.8 Å². The molecular formula is C16H13N3O2. The van der Waals surface area contributed by atoms with E-state index in [1.54, 1.807) is 6.07 Å². The van der Waals surface area contributed by atoms with E-state index >= 15 is 0 Å². The van der Waals surface area contributed by atoms with Crippen LogP contribution in [0.1, 0.15) is 28.9 Å². The molecule has 5 heteroatoms. The molecule has 3 aromatic rings. The van der Waals surface area contributed by atoms with Gasteiger partial charge in [0.05, 0.1) is 16.8 Å². The Morgan fingerprint density at radius 2 is 1.90 bits per heavy atom. The molecule has 2 aromatic heterocycles. The molecule has 21 heavy (non-hydrogen) atoms. The molecule has 0 amide bonds. The molecule has 1 N–H and O–H groups in total. The maximum atomic E-state index is 12.5. The summed E-state index contributed by atoms with van der Waals surface area (Å²) in [6.45, 7) is 0. The van der Waals surface area contributed by atoms with E-state index < -0.39 is 0 Å². The molecule has 0 radical (unpaired) electrons. The van der Waals surface area contributed by atoms with Crippen LogP contribution in [-0.2, 0) is 6.42 Å². The molecule has 0 unspecified atom stereocenters. The molecule has 1 aromatic carbocycles. The van der Waals surface area contributed by atoms with Gasteiger partial charge in [-0.05, 0) is 31.0 Å². The van der Waals surface area contributed by atoms with Crippen LogP contribution >= 0.6 is 0 Å². The van der Waals surface area contributed by atoms with Gasteiger partial charge in [0, 0.05) is 12.0 Å². The number of ketones is 1. The van der Waals surface area contributed by atoms with E-state index in [-0.39, 0.29) is 11.3 Å². The number of rotatable bonds is 1. The average Bonchev–Trinajstić information content (AvgIpc) is 2.84. The number of benzene rings is 1. The van der Waals surface area contributed by atoms with E-state index in [1.807, 2.05) is 30.3 Å². The maximum absolute atomic E-state index is 12.5. The predicted octanol–water partition coefficient (Wildman–Crippen LogP) is 2.23. The Labute approximate surface area is 120 Å². The van der Waals surface area contributed by atoms with E-state index in [1.165, 1.54) is 4.68 Å². The number of aryl methyl sites for hydroxylation is 1. The highest BCUT2D eigenvalue weighted by molar-refractivity contribution is 6.00. The van der Waals surface area contributed by atoms with Crippen LogP contribution in [0.15, 0.2) is 41.2 Å². The van der Waals surface area contributed by atoms with Gasteiger partial charge in [0.15, 0.2) is 11.4 Å². The van der Waals surface area contributed by atoms with Gasteiger partial charge in [0.2, 0.25) is 0 Å². The summed E-state index contributed by atoms with van der Waals surface area (Å²) in [7, 11) is 0. The normalized spacial score (nSPS) is 14.4. The third kappa shape index (κ3) is 1.81. The van der Waals surface area contributed by atoms with Gasteiger partial charge in [0.1, 0.15) is 0 Å². The summed E-state index contributed by atoms with van der Waals surface area (Å²) in [6, 6.07) is 11.0. The number of aromatic amines is 1. The fourth-order valence-corrected chi connectivity index (χ4v) is 2.82. The van der Waals surface area contributed by atoms with Crippen LogP contribution < -0.4 is 5.56 Å². The first-order chi connectivity index (χ1) is 10.2. The summed E-state index contributed by atoms with van der Waals surface area (Å²) in [5.74, 6) is 0.0810. The van der Waals surface area contributed by atoms with Gasteiger partial charge in [0.25, 0.3) is 5.56 Å². The summed E-state index contributed by atoms with van der Waals surface area (Å²) in [6.07, 6.45) is 2.15. The van der Waals surface area contributed by atoms with Gasteiger partial charge in [-0.2, -0.15) is 0 Å². The second kappa shape index (κ2) is 4.41. The van der Waals surface area contributed by atoms with Crippen molar-refractivity contribution in [2.75, 3.05) is 0 Å². The molecule has 0 saturated carbocycles. The monoisotopic (exact) mass is 279 g/mol. The number of fused-ring (bicyclic) bond motifs is 2. The molecule has 1 aliphatic carbocycles. The molecule has 0 bridgehead atoms. The molecule has 104 valence electrons. The van der Waals surface area contributed by atoms with Gasteiger partial charge in [-0.3, -0.25) is 14.7 Å². The van der Waals surface area contributed by atoms with Gasteiger partial charge < -0.3 is 0 Å². The van der Waals surface area contributed by atoms with Crippen LogP contribution in [0.4, 0.5) is 0 Å². The van der Waals surface area contributed by atoms with E-state index in [0.717, 1.165) is 24.2 Å². The molecule has 1 aliphatic rings. The fourth-order valence-electron chi connectivity index (χ4n) is 2.82. The fraction of sp³-hybridized carbons (Fsp3) is 0.188. The lowest BCUT2D eigenvalue weighted by Gasteiger charge is -2.12. The number of carbonyl (C=O) groups is 1. The Bertz CT molecular complexity index is 906. The quantitative estimate of drug-likeness (QED) is 0.742. The van der Waals surface area contributed by atoms with Gasteiger partial charge in [-0.25, -0.2) is 9.67 Å². The zero-order chi connectivity index (χ0) is 14.4. The smallest absolute Gasteiger partial charge is 0.280 e. The van der Waals surface area contributed by atoms with Crippen molar-refractivity contribution < 1.29 is 4.79 Å². The van der Waals surface area contributed by atoms with E-state index in [4.69, 9.17) is 0 Å².